The molecule has 0 saturated carbocycles. The molecule has 6 aliphatic rings. The summed E-state index contributed by atoms with van der Waals surface area (Å²) in [4.78, 5) is 30.3. The van der Waals surface area contributed by atoms with E-state index < -0.39 is 125 Å². The molecule has 0 saturated heterocycles. The predicted octanol–water partition coefficient (Wildman–Crippen LogP) is 28.1. The van der Waals surface area contributed by atoms with E-state index in [4.69, 9.17) is 64.4 Å². The molecule has 0 fully saturated rings. The fourth-order valence-corrected chi connectivity index (χ4v) is 18.4. The van der Waals surface area contributed by atoms with E-state index >= 15 is 17.6 Å². The first-order chi connectivity index (χ1) is 66.8. The number of nitriles is 9. The van der Waals surface area contributed by atoms with Crippen molar-refractivity contribution in [1.29, 1.82) is 47.4 Å². The van der Waals surface area contributed by atoms with Crippen LogP contribution in [-0.4, -0.2) is 0 Å². The molecule has 18 rings (SSSR count). The highest BCUT2D eigenvalue weighted by molar-refractivity contribution is 6.42. The molecular formula is C110H36F10N18. The molecule has 0 amide bonds. The minimum Gasteiger partial charge on any atom is -0.238 e. The van der Waals surface area contributed by atoms with Crippen LogP contribution in [0.4, 0.5) is 61.0 Å². The van der Waals surface area contributed by atoms with Crippen molar-refractivity contribution >= 4 is 83.9 Å². The lowest BCUT2D eigenvalue weighted by atomic mass is 9.84. The third kappa shape index (κ3) is 13.5. The molecule has 0 aliphatic heterocycles. The van der Waals surface area contributed by atoms with Gasteiger partial charge in [-0.2, -0.15) is 15.8 Å². The second kappa shape index (κ2) is 35.5. The average Bonchev–Trinajstić information content (AvgIpc) is 1.54. The van der Waals surface area contributed by atoms with Crippen molar-refractivity contribution in [2.75, 3.05) is 0 Å². The Kier molecular flexibility index (Phi) is 23.1. The number of nitrogens with zero attached hydrogens (tertiary/aromatic N) is 18. The van der Waals surface area contributed by atoms with Crippen molar-refractivity contribution in [1.82, 2.24) is 0 Å². The summed E-state index contributed by atoms with van der Waals surface area (Å²) in [5.74, 6) is -17.5. The van der Waals surface area contributed by atoms with Crippen LogP contribution in [0.3, 0.4) is 0 Å². The van der Waals surface area contributed by atoms with E-state index in [1.165, 1.54) is 36.4 Å². The smallest absolute Gasteiger partial charge is 0.238 e. The van der Waals surface area contributed by atoms with E-state index in [9.17, 15) is 68.4 Å². The zero-order chi connectivity index (χ0) is 98.6. The molecule has 0 bridgehead atoms. The highest BCUT2D eigenvalue weighted by atomic mass is 19.2. The van der Waals surface area contributed by atoms with Crippen molar-refractivity contribution in [3.63, 3.8) is 0 Å². The molecule has 0 radical (unpaired) electrons. The Bertz CT molecular complexity index is 8410. The number of fused-ring (bicyclic) bond motifs is 12. The maximum absolute atomic E-state index is 15.6. The third-order valence-corrected chi connectivity index (χ3v) is 23.8. The van der Waals surface area contributed by atoms with Crippen LogP contribution < -0.4 is 0 Å². The van der Waals surface area contributed by atoms with E-state index in [-0.39, 0.29) is 67.5 Å². The zero-order valence-corrected chi connectivity index (χ0v) is 70.1. The summed E-state index contributed by atoms with van der Waals surface area (Å²) in [5.41, 5.74) is 3.74. The Hall–Kier alpha value is -21.6. The average molecular weight is 1800 g/mol. The van der Waals surface area contributed by atoms with Gasteiger partial charge in [0.15, 0.2) is 57.9 Å². The molecule has 0 unspecified atom stereocenters. The minimum atomic E-state index is -2.06. The van der Waals surface area contributed by atoms with Crippen molar-refractivity contribution < 1.29 is 43.9 Å². The first kappa shape index (κ1) is 89.8. The van der Waals surface area contributed by atoms with E-state index in [1.54, 1.807) is 60.7 Å². The molecule has 28 heteroatoms. The molecule has 12 aromatic carbocycles. The predicted molar refractivity (Wildman–Crippen MR) is 489 cm³/mol. The number of rotatable bonds is 6. The SMILES string of the molecule is [C-]#[N+]/C(C#N)=C1C2=C(/C(=C(\C#N)[N+]#[C-])c3cccc(-c4c(F)c(F)c(C#N)c(F)c4F)c32)c2c\1cccc2-c1c(F)c(F)c([N+]#[C-])c(F)c1F.[C-]#[N+]/C(C#N)=C1C2=C(/C(=C(\C#N)[N+]#[C-])c3cccc(-c4ccc(C#N)c(C)c4)c32)c2c\1cccc2-c1ccc([N+]#[C-])c(C)c1.[C-]#[N+]/C(C#N)=C1C2=C(/C(=C(\C#N)[N+]#[C-])c3cccc(-c4ccc(F)cc4[N+]#[C-])c32)c2c\1cccc2-c1ccc(F)cc1C#N. The topological polar surface area (TPSA) is 253 Å². The number of hydrogen-bond acceptors (Lipinski definition) is 9. The first-order valence-electron chi connectivity index (χ1n) is 39.8. The Morgan fingerprint density at radius 1 is 0.239 bits per heavy atom. The Labute approximate surface area is 777 Å². The van der Waals surface area contributed by atoms with E-state index in [2.05, 4.69) is 61.8 Å². The summed E-state index contributed by atoms with van der Waals surface area (Å²) in [6.45, 7) is 72.9. The van der Waals surface area contributed by atoms with E-state index in [0.29, 0.717) is 100 Å². The molecule has 6 aliphatic carbocycles. The number of allylic oxidation sites excluding steroid dienone is 18. The van der Waals surface area contributed by atoms with Gasteiger partial charge in [0, 0.05) is 39.0 Å². The van der Waals surface area contributed by atoms with Gasteiger partial charge in [0.05, 0.1) is 130 Å². The van der Waals surface area contributed by atoms with Crippen LogP contribution in [0.2, 0.25) is 0 Å². The lowest BCUT2D eigenvalue weighted by Gasteiger charge is -2.19. The van der Waals surface area contributed by atoms with Crippen LogP contribution >= 0.6 is 0 Å². The summed E-state index contributed by atoms with van der Waals surface area (Å²) in [6.07, 6.45) is 0. The molecule has 0 atom stereocenters. The van der Waals surface area contributed by atoms with Gasteiger partial charge in [0.2, 0.25) is 0 Å². The second-order valence-corrected chi connectivity index (χ2v) is 30.3. The molecule has 18 nitrogen and oxygen atoms in total. The molecule has 138 heavy (non-hydrogen) atoms. The third-order valence-electron chi connectivity index (χ3n) is 23.8. The van der Waals surface area contributed by atoms with Gasteiger partial charge in [-0.15, -0.1) is 0 Å². The summed E-state index contributed by atoms with van der Waals surface area (Å²) in [5, 5.41) is 89.1. The van der Waals surface area contributed by atoms with Gasteiger partial charge in [0.25, 0.3) is 39.9 Å². The molecule has 636 valence electrons. The first-order valence-corrected chi connectivity index (χ1v) is 39.8. The number of benzene rings is 12. The fourth-order valence-electron chi connectivity index (χ4n) is 18.4. The van der Waals surface area contributed by atoms with Crippen LogP contribution in [-0.2, 0) is 0 Å². The number of hydrogen-bond donors (Lipinski definition) is 0. The van der Waals surface area contributed by atoms with Crippen molar-refractivity contribution in [2.24, 2.45) is 0 Å². The van der Waals surface area contributed by atoms with Crippen LogP contribution in [0, 0.1) is 233 Å². The lowest BCUT2D eigenvalue weighted by Crippen LogP contribution is -2.06. The van der Waals surface area contributed by atoms with Crippen LogP contribution in [0.15, 0.2) is 216 Å². The van der Waals surface area contributed by atoms with Crippen LogP contribution in [0.1, 0.15) is 94.6 Å². The quantitative estimate of drug-likeness (QED) is 0.0663. The maximum atomic E-state index is 15.6. The summed E-state index contributed by atoms with van der Waals surface area (Å²) in [7, 11) is 0. The summed E-state index contributed by atoms with van der Waals surface area (Å²) in [6, 6.07) is 63.5. The lowest BCUT2D eigenvalue weighted by molar-refractivity contribution is 0.454. The molecule has 0 spiro atoms. The molecule has 0 N–H and O–H groups in total. The normalized spacial score (nSPS) is 14.4. The van der Waals surface area contributed by atoms with Gasteiger partial charge < -0.3 is 0 Å². The Balaban J connectivity index is 0.000000150. The van der Waals surface area contributed by atoms with Crippen molar-refractivity contribution in [3.8, 4) is 121 Å². The standard InChI is InChI=1S/C38H18N6.C36H6F8N6.C36H12F2N6/c1-21-16-23(12-13-25(21)18-39)26-8-6-10-28-33(26)37-36(32(20-41)44-5)29-11-7-9-27(24-14-15-30(42-3)22(2)17-24)34(29)38(37)35(28)31(19-40)43-4;1-48-18(11-46)22-13-6-4-8-15(24-30(39)28(37)17(10-45)29(38)31(24)40)20(13)26-23(19(12-47)49-2)14-7-5-9-16(21(14)27(22)26)25-32(41)34(43)36(50-3)35(44)33(25)42;1-42-28-15-21(38)11-13-23(28)25-7-5-9-27-32(25)36-33(29(17-40)43-2)26-8-4-6-24(22-12-10-20(37)14-19(22)16-39)31(26)35(36)34(27)30(18-41)44-3/h6-17H,1-2H3;4-9H;4-15H/b35-31+,36-32-;22-18+,23-19-;33-29-,34-30+. The van der Waals surface area contributed by atoms with Gasteiger partial charge in [-0.1, -0.05) is 152 Å². The highest BCUT2D eigenvalue weighted by Gasteiger charge is 2.48. The Morgan fingerprint density at radius 3 is 0.841 bits per heavy atom. The number of aryl methyl sites for hydroxylation is 2. The van der Waals surface area contributed by atoms with Gasteiger partial charge in [-0.25, -0.2) is 119 Å². The fraction of sp³-hybridized carbons (Fsp3) is 0.0182. The van der Waals surface area contributed by atoms with Crippen LogP contribution in [0.25, 0.3) is 177 Å². The maximum Gasteiger partial charge on any atom is 0.270 e. The van der Waals surface area contributed by atoms with E-state index in [1.807, 2.05) is 92.7 Å². The highest BCUT2D eigenvalue weighted by Crippen LogP contribution is 2.67. The van der Waals surface area contributed by atoms with Gasteiger partial charge in [-0.05, 0) is 206 Å². The zero-order valence-electron chi connectivity index (χ0n) is 70.1. The minimum absolute atomic E-state index is 0.0288. The summed E-state index contributed by atoms with van der Waals surface area (Å²) < 4.78 is 150. The van der Waals surface area contributed by atoms with Gasteiger partial charge in [-0.3, -0.25) is 0 Å². The molecule has 0 heterocycles. The molecule has 12 aromatic rings. The van der Waals surface area contributed by atoms with E-state index in [0.717, 1.165) is 87.0 Å². The molecule has 0 aromatic heterocycles. The second-order valence-electron chi connectivity index (χ2n) is 30.3. The monoisotopic (exact) mass is 1800 g/mol. The van der Waals surface area contributed by atoms with Crippen molar-refractivity contribution in [3.05, 3.63) is 472 Å². The van der Waals surface area contributed by atoms with Crippen molar-refractivity contribution in [2.45, 2.75) is 13.8 Å². The molecular weight excluding hydrogens is 1760 g/mol. The number of halogens is 10. The van der Waals surface area contributed by atoms with Gasteiger partial charge >= 0.3 is 0 Å². The largest absolute Gasteiger partial charge is 0.270 e. The van der Waals surface area contributed by atoms with Crippen LogP contribution in [0.5, 0.6) is 0 Å². The summed E-state index contributed by atoms with van der Waals surface area (Å²) >= 11 is 0. The Morgan fingerprint density at radius 2 is 0.529 bits per heavy atom. The van der Waals surface area contributed by atoms with Gasteiger partial charge in [0.1, 0.15) is 23.3 Å².